The molecule has 0 spiro atoms. The molecule has 0 radical (unpaired) electrons. The molecule has 3 N–H and O–H groups in total. The van der Waals surface area contributed by atoms with Gasteiger partial charge in [-0.3, -0.25) is 10.2 Å². The Kier molecular flexibility index (Phi) is 7.11. The van der Waals surface area contributed by atoms with Crippen molar-refractivity contribution in [1.29, 1.82) is 0 Å². The summed E-state index contributed by atoms with van der Waals surface area (Å²) in [6, 6.07) is 0. The van der Waals surface area contributed by atoms with Crippen molar-refractivity contribution in [3.05, 3.63) is 0 Å². The number of carbonyl (C=O) groups excluding carboxylic acids is 1. The molecule has 0 aromatic carbocycles. The zero-order chi connectivity index (χ0) is 12.5. The number of rotatable bonds is 8. The highest BCUT2D eigenvalue weighted by Crippen LogP contribution is 2.19. The Hall–Kier alpha value is -0.690. The van der Waals surface area contributed by atoms with Crippen molar-refractivity contribution in [1.82, 2.24) is 5.43 Å². The monoisotopic (exact) mass is 246 g/mol. The number of nitrogens with one attached hydrogen (secondary N) is 1. The zero-order valence-electron chi connectivity index (χ0n) is 10.3. The van der Waals surface area contributed by atoms with E-state index in [2.05, 4.69) is 12.3 Å². The number of amides is 1. The van der Waals surface area contributed by atoms with E-state index in [4.69, 9.17) is 20.1 Å². The van der Waals surface area contributed by atoms with E-state index < -0.39 is 6.10 Å². The molecule has 0 aromatic heterocycles. The Labute approximate surface area is 102 Å². The summed E-state index contributed by atoms with van der Waals surface area (Å²) >= 11 is 0. The molecule has 1 aliphatic heterocycles. The van der Waals surface area contributed by atoms with Crippen molar-refractivity contribution in [2.75, 3.05) is 26.4 Å². The zero-order valence-corrected chi connectivity index (χ0v) is 10.3. The third kappa shape index (κ3) is 5.45. The van der Waals surface area contributed by atoms with E-state index in [0.717, 1.165) is 19.4 Å². The van der Waals surface area contributed by atoms with Crippen LogP contribution in [0.4, 0.5) is 0 Å². The lowest BCUT2D eigenvalue weighted by atomic mass is 10.2. The lowest BCUT2D eigenvalue weighted by Crippen LogP contribution is -2.39. The van der Waals surface area contributed by atoms with Crippen molar-refractivity contribution in [2.45, 2.75) is 38.4 Å². The maximum absolute atomic E-state index is 11.2. The van der Waals surface area contributed by atoms with E-state index in [0.29, 0.717) is 26.2 Å². The lowest BCUT2D eigenvalue weighted by molar-refractivity contribution is -0.133. The number of nitrogens with two attached hydrogens (primary N) is 1. The molecule has 1 saturated heterocycles. The van der Waals surface area contributed by atoms with Gasteiger partial charge in [-0.1, -0.05) is 6.92 Å². The first-order chi connectivity index (χ1) is 8.27. The van der Waals surface area contributed by atoms with Gasteiger partial charge < -0.3 is 14.2 Å². The molecule has 6 heteroatoms. The van der Waals surface area contributed by atoms with Gasteiger partial charge in [-0.25, -0.2) is 5.84 Å². The van der Waals surface area contributed by atoms with Crippen LogP contribution in [0.25, 0.3) is 0 Å². The SMILES string of the molecule is CCCOCCOCC1CCC(C(=O)NN)O1. The smallest absolute Gasteiger partial charge is 0.263 e. The third-order valence-electron chi connectivity index (χ3n) is 2.57. The summed E-state index contributed by atoms with van der Waals surface area (Å²) in [5, 5.41) is 0. The van der Waals surface area contributed by atoms with Crippen LogP contribution in [-0.4, -0.2) is 44.5 Å². The van der Waals surface area contributed by atoms with Crippen molar-refractivity contribution in [3.63, 3.8) is 0 Å². The van der Waals surface area contributed by atoms with Gasteiger partial charge in [0, 0.05) is 6.61 Å². The average molecular weight is 246 g/mol. The predicted octanol–water partition coefficient (Wildman–Crippen LogP) is -0.0329. The van der Waals surface area contributed by atoms with Crippen LogP contribution in [0, 0.1) is 0 Å². The quantitative estimate of drug-likeness (QED) is 0.272. The van der Waals surface area contributed by atoms with Crippen LogP contribution in [0.5, 0.6) is 0 Å². The van der Waals surface area contributed by atoms with Crippen molar-refractivity contribution in [3.8, 4) is 0 Å². The molecule has 0 aliphatic carbocycles. The summed E-state index contributed by atoms with van der Waals surface area (Å²) in [4.78, 5) is 11.2. The molecule has 1 amide bonds. The van der Waals surface area contributed by atoms with Crippen LogP contribution < -0.4 is 11.3 Å². The first kappa shape index (κ1) is 14.4. The van der Waals surface area contributed by atoms with Gasteiger partial charge in [-0.2, -0.15) is 0 Å². The van der Waals surface area contributed by atoms with Gasteiger partial charge in [-0.15, -0.1) is 0 Å². The van der Waals surface area contributed by atoms with Gasteiger partial charge in [0.1, 0.15) is 6.10 Å². The second-order valence-electron chi connectivity index (χ2n) is 4.02. The maximum atomic E-state index is 11.2. The minimum atomic E-state index is -0.426. The van der Waals surface area contributed by atoms with Gasteiger partial charge in [0.15, 0.2) is 0 Å². The summed E-state index contributed by atoms with van der Waals surface area (Å²) in [5.74, 6) is 4.77. The fourth-order valence-electron chi connectivity index (χ4n) is 1.69. The number of hydrazine groups is 1. The van der Waals surface area contributed by atoms with Gasteiger partial charge in [0.05, 0.1) is 25.9 Å². The lowest BCUT2D eigenvalue weighted by Gasteiger charge is -2.12. The maximum Gasteiger partial charge on any atom is 0.263 e. The summed E-state index contributed by atoms with van der Waals surface area (Å²) in [5.41, 5.74) is 2.09. The topological polar surface area (TPSA) is 82.8 Å². The largest absolute Gasteiger partial charge is 0.379 e. The van der Waals surface area contributed by atoms with Gasteiger partial charge in [0.2, 0.25) is 0 Å². The molecule has 0 bridgehead atoms. The van der Waals surface area contributed by atoms with Gasteiger partial charge >= 0.3 is 0 Å². The highest BCUT2D eigenvalue weighted by molar-refractivity contribution is 5.80. The van der Waals surface area contributed by atoms with Gasteiger partial charge in [-0.05, 0) is 19.3 Å². The molecule has 100 valence electrons. The minimum Gasteiger partial charge on any atom is -0.379 e. The third-order valence-corrected chi connectivity index (χ3v) is 2.57. The Balaban J connectivity index is 2.00. The molecule has 17 heavy (non-hydrogen) atoms. The van der Waals surface area contributed by atoms with Crippen LogP contribution in [-0.2, 0) is 19.0 Å². The number of ether oxygens (including phenoxy) is 3. The van der Waals surface area contributed by atoms with E-state index >= 15 is 0 Å². The molecule has 0 aromatic rings. The number of carbonyl (C=O) groups is 1. The van der Waals surface area contributed by atoms with Crippen LogP contribution in [0.1, 0.15) is 26.2 Å². The van der Waals surface area contributed by atoms with Crippen LogP contribution >= 0.6 is 0 Å². The van der Waals surface area contributed by atoms with Crippen molar-refractivity contribution in [2.24, 2.45) is 5.84 Å². The summed E-state index contributed by atoms with van der Waals surface area (Å²) in [7, 11) is 0. The molecular formula is C11H22N2O4. The van der Waals surface area contributed by atoms with Crippen LogP contribution in [0.3, 0.4) is 0 Å². The first-order valence-corrected chi connectivity index (χ1v) is 6.09. The molecular weight excluding hydrogens is 224 g/mol. The van der Waals surface area contributed by atoms with E-state index in [1.54, 1.807) is 0 Å². The second-order valence-corrected chi connectivity index (χ2v) is 4.02. The van der Waals surface area contributed by atoms with E-state index in [1.807, 2.05) is 0 Å². The Bertz CT molecular complexity index is 226. The fourth-order valence-corrected chi connectivity index (χ4v) is 1.69. The highest BCUT2D eigenvalue weighted by atomic mass is 16.6. The van der Waals surface area contributed by atoms with Crippen LogP contribution in [0.15, 0.2) is 0 Å². The van der Waals surface area contributed by atoms with Gasteiger partial charge in [0.25, 0.3) is 5.91 Å². The summed E-state index contributed by atoms with van der Waals surface area (Å²) in [6.45, 7) is 4.50. The van der Waals surface area contributed by atoms with E-state index in [-0.39, 0.29) is 12.0 Å². The van der Waals surface area contributed by atoms with E-state index in [9.17, 15) is 4.79 Å². The van der Waals surface area contributed by atoms with Crippen LogP contribution in [0.2, 0.25) is 0 Å². The fraction of sp³-hybridized carbons (Fsp3) is 0.909. The van der Waals surface area contributed by atoms with Crippen molar-refractivity contribution >= 4 is 5.91 Å². The van der Waals surface area contributed by atoms with Crippen molar-refractivity contribution < 1.29 is 19.0 Å². The normalized spacial score (nSPS) is 23.9. The molecule has 1 fully saturated rings. The molecule has 1 rings (SSSR count). The second kappa shape index (κ2) is 8.41. The molecule has 1 heterocycles. The Morgan fingerprint density at radius 1 is 1.35 bits per heavy atom. The molecule has 6 nitrogen and oxygen atoms in total. The highest BCUT2D eigenvalue weighted by Gasteiger charge is 2.30. The first-order valence-electron chi connectivity index (χ1n) is 6.09. The minimum absolute atomic E-state index is 0.0107. The molecule has 2 unspecified atom stereocenters. The molecule has 1 aliphatic rings. The Morgan fingerprint density at radius 2 is 2.12 bits per heavy atom. The average Bonchev–Trinajstić information content (AvgIpc) is 2.81. The Morgan fingerprint density at radius 3 is 2.82 bits per heavy atom. The molecule has 2 atom stereocenters. The number of hydrogen-bond acceptors (Lipinski definition) is 5. The summed E-state index contributed by atoms with van der Waals surface area (Å²) in [6.07, 6.45) is 2.10. The standard InChI is InChI=1S/C11H22N2O4/c1-2-5-15-6-7-16-8-9-3-4-10(17-9)11(14)13-12/h9-10H,2-8,12H2,1H3,(H,13,14). The summed E-state index contributed by atoms with van der Waals surface area (Å²) < 4.78 is 16.2. The van der Waals surface area contributed by atoms with E-state index in [1.165, 1.54) is 0 Å². The number of hydrogen-bond donors (Lipinski definition) is 2. The molecule has 0 saturated carbocycles. The predicted molar refractivity (Wildman–Crippen MR) is 62.2 cm³/mol.